The third-order valence-corrected chi connectivity index (χ3v) is 5.13. The van der Waals surface area contributed by atoms with Gasteiger partial charge in [0.1, 0.15) is 5.82 Å². The SMILES string of the molecule is Cl.O=C1NCCC[C@]12CC[C@H](c1cc(-c3ccc(F)cc3)ccn1)N2. The Bertz CT molecular complexity index is 768. The van der Waals surface area contributed by atoms with Crippen LogP contribution in [0.3, 0.4) is 0 Å². The van der Waals surface area contributed by atoms with Crippen molar-refractivity contribution >= 4 is 18.3 Å². The largest absolute Gasteiger partial charge is 0.354 e. The molecule has 2 aromatic rings. The van der Waals surface area contributed by atoms with E-state index in [9.17, 15) is 9.18 Å². The summed E-state index contributed by atoms with van der Waals surface area (Å²) in [5.41, 5.74) is 2.47. The lowest BCUT2D eigenvalue weighted by atomic mass is 9.88. The Morgan fingerprint density at radius 1 is 1.12 bits per heavy atom. The summed E-state index contributed by atoms with van der Waals surface area (Å²) in [5.74, 6) is -0.123. The number of aromatic nitrogens is 1. The summed E-state index contributed by atoms with van der Waals surface area (Å²) in [7, 11) is 0. The number of halogens is 2. The van der Waals surface area contributed by atoms with Crippen LogP contribution in [0.5, 0.6) is 0 Å². The maximum absolute atomic E-state index is 13.1. The van der Waals surface area contributed by atoms with Gasteiger partial charge in [-0.3, -0.25) is 15.1 Å². The molecule has 2 fully saturated rings. The minimum atomic E-state index is -0.434. The molecule has 1 spiro atoms. The molecule has 2 saturated heterocycles. The fourth-order valence-electron chi connectivity index (χ4n) is 3.80. The molecule has 1 aromatic carbocycles. The maximum Gasteiger partial charge on any atom is 0.240 e. The first kappa shape index (κ1) is 17.8. The van der Waals surface area contributed by atoms with Crippen LogP contribution < -0.4 is 10.6 Å². The molecule has 3 heterocycles. The zero-order chi connectivity index (χ0) is 16.6. The van der Waals surface area contributed by atoms with Gasteiger partial charge in [0.25, 0.3) is 0 Å². The predicted octanol–water partition coefficient (Wildman–Crippen LogP) is 3.38. The van der Waals surface area contributed by atoms with Crippen LogP contribution in [0, 0.1) is 5.82 Å². The Kier molecular flexibility index (Phi) is 5.06. The number of pyridine rings is 1. The van der Waals surface area contributed by atoms with Gasteiger partial charge in [0, 0.05) is 12.7 Å². The smallest absolute Gasteiger partial charge is 0.240 e. The Labute approximate surface area is 152 Å². The van der Waals surface area contributed by atoms with Crippen LogP contribution in [0.2, 0.25) is 0 Å². The van der Waals surface area contributed by atoms with Crippen molar-refractivity contribution < 1.29 is 9.18 Å². The van der Waals surface area contributed by atoms with Crippen LogP contribution in [0.15, 0.2) is 42.6 Å². The summed E-state index contributed by atoms with van der Waals surface area (Å²) in [6.45, 7) is 0.769. The van der Waals surface area contributed by atoms with Crippen molar-refractivity contribution in [1.29, 1.82) is 0 Å². The van der Waals surface area contributed by atoms with Gasteiger partial charge in [-0.15, -0.1) is 12.4 Å². The molecule has 6 heteroatoms. The molecule has 0 bridgehead atoms. The maximum atomic E-state index is 13.1. The quantitative estimate of drug-likeness (QED) is 0.862. The van der Waals surface area contributed by atoms with E-state index in [2.05, 4.69) is 15.6 Å². The summed E-state index contributed by atoms with van der Waals surface area (Å²) >= 11 is 0. The van der Waals surface area contributed by atoms with Gasteiger partial charge >= 0.3 is 0 Å². The van der Waals surface area contributed by atoms with Gasteiger partial charge in [-0.2, -0.15) is 0 Å². The van der Waals surface area contributed by atoms with Gasteiger partial charge < -0.3 is 5.32 Å². The number of hydrogen-bond donors (Lipinski definition) is 2. The molecule has 2 atom stereocenters. The normalized spacial score (nSPS) is 25.5. The molecular weight excluding hydrogens is 341 g/mol. The molecular formula is C19H21ClFN3O. The highest BCUT2D eigenvalue weighted by molar-refractivity contribution is 5.87. The van der Waals surface area contributed by atoms with Crippen molar-refractivity contribution in [2.75, 3.05) is 6.54 Å². The van der Waals surface area contributed by atoms with E-state index in [1.165, 1.54) is 12.1 Å². The standard InChI is InChI=1S/C19H20FN3O.ClH/c20-15-4-2-13(3-5-15)14-7-11-21-17(12-14)16-6-9-19(23-16)8-1-10-22-18(19)24;/h2-5,7,11-12,16,23H,1,6,8-10H2,(H,22,24);1H/t16-,19+;/m1./s1. The molecule has 0 unspecified atom stereocenters. The van der Waals surface area contributed by atoms with Crippen LogP contribution in [0.4, 0.5) is 4.39 Å². The number of nitrogens with zero attached hydrogens (tertiary/aromatic N) is 1. The van der Waals surface area contributed by atoms with Crippen LogP contribution in [-0.4, -0.2) is 23.0 Å². The van der Waals surface area contributed by atoms with Gasteiger partial charge in [0.2, 0.25) is 5.91 Å². The number of benzene rings is 1. The number of nitrogens with one attached hydrogen (secondary N) is 2. The fourth-order valence-corrected chi connectivity index (χ4v) is 3.80. The lowest BCUT2D eigenvalue weighted by Crippen LogP contribution is -2.57. The van der Waals surface area contributed by atoms with Crippen molar-refractivity contribution in [3.05, 3.63) is 54.1 Å². The predicted molar refractivity (Wildman–Crippen MR) is 97.0 cm³/mol. The molecule has 0 saturated carbocycles. The average Bonchev–Trinajstić information content (AvgIpc) is 3.04. The Hall–Kier alpha value is -1.98. The Morgan fingerprint density at radius 2 is 1.92 bits per heavy atom. The molecule has 25 heavy (non-hydrogen) atoms. The van der Waals surface area contributed by atoms with Crippen LogP contribution >= 0.6 is 12.4 Å². The van der Waals surface area contributed by atoms with E-state index >= 15 is 0 Å². The van der Waals surface area contributed by atoms with Gasteiger partial charge in [0.05, 0.1) is 17.3 Å². The van der Waals surface area contributed by atoms with E-state index in [0.29, 0.717) is 0 Å². The minimum Gasteiger partial charge on any atom is -0.354 e. The molecule has 132 valence electrons. The van der Waals surface area contributed by atoms with Crippen LogP contribution in [-0.2, 0) is 4.79 Å². The Balaban J connectivity index is 0.00000182. The third-order valence-electron chi connectivity index (χ3n) is 5.13. The second kappa shape index (κ2) is 7.10. The number of hydrogen-bond acceptors (Lipinski definition) is 3. The first-order valence-corrected chi connectivity index (χ1v) is 8.44. The molecule has 2 aliphatic rings. The van der Waals surface area contributed by atoms with Crippen LogP contribution in [0.25, 0.3) is 11.1 Å². The highest BCUT2D eigenvalue weighted by Gasteiger charge is 2.46. The van der Waals surface area contributed by atoms with E-state index in [4.69, 9.17) is 0 Å². The van der Waals surface area contributed by atoms with E-state index in [0.717, 1.165) is 49.0 Å². The molecule has 1 aromatic heterocycles. The summed E-state index contributed by atoms with van der Waals surface area (Å²) in [5, 5.41) is 6.50. The molecule has 4 rings (SSSR count). The fraction of sp³-hybridized carbons (Fsp3) is 0.368. The topological polar surface area (TPSA) is 54.0 Å². The number of piperidine rings is 1. The number of carbonyl (C=O) groups excluding carboxylic acids is 1. The third kappa shape index (κ3) is 3.39. The minimum absolute atomic E-state index is 0. The van der Waals surface area contributed by atoms with Crippen LogP contribution in [0.1, 0.15) is 37.4 Å². The summed E-state index contributed by atoms with van der Waals surface area (Å²) in [6, 6.07) is 10.5. The highest BCUT2D eigenvalue weighted by atomic mass is 35.5. The second-order valence-electron chi connectivity index (χ2n) is 6.65. The van der Waals surface area contributed by atoms with Gasteiger partial charge in [0.15, 0.2) is 0 Å². The summed E-state index contributed by atoms with van der Waals surface area (Å²) < 4.78 is 13.1. The lowest BCUT2D eigenvalue weighted by Gasteiger charge is -2.33. The molecule has 0 aliphatic carbocycles. The Morgan fingerprint density at radius 3 is 2.68 bits per heavy atom. The van der Waals surface area contributed by atoms with E-state index in [-0.39, 0.29) is 30.2 Å². The first-order valence-electron chi connectivity index (χ1n) is 8.44. The van der Waals surface area contributed by atoms with Crippen molar-refractivity contribution in [2.45, 2.75) is 37.3 Å². The molecule has 2 N–H and O–H groups in total. The monoisotopic (exact) mass is 361 g/mol. The zero-order valence-electron chi connectivity index (χ0n) is 13.8. The number of rotatable bonds is 2. The van der Waals surface area contributed by atoms with Gasteiger partial charge in [-0.1, -0.05) is 12.1 Å². The zero-order valence-corrected chi connectivity index (χ0v) is 14.6. The van der Waals surface area contributed by atoms with Crippen molar-refractivity contribution in [3.8, 4) is 11.1 Å². The number of carbonyl (C=O) groups is 1. The van der Waals surface area contributed by atoms with Gasteiger partial charge in [-0.25, -0.2) is 4.39 Å². The van der Waals surface area contributed by atoms with E-state index in [1.54, 1.807) is 18.3 Å². The molecule has 1 amide bonds. The summed E-state index contributed by atoms with van der Waals surface area (Å²) in [6.07, 6.45) is 5.41. The molecule has 4 nitrogen and oxygen atoms in total. The lowest BCUT2D eigenvalue weighted by molar-refractivity contribution is -0.129. The summed E-state index contributed by atoms with van der Waals surface area (Å²) in [4.78, 5) is 16.8. The van der Waals surface area contributed by atoms with Crippen molar-refractivity contribution in [3.63, 3.8) is 0 Å². The number of amides is 1. The van der Waals surface area contributed by atoms with Gasteiger partial charge in [-0.05, 0) is 61.1 Å². The van der Waals surface area contributed by atoms with E-state index < -0.39 is 5.54 Å². The van der Waals surface area contributed by atoms with Crippen molar-refractivity contribution in [2.24, 2.45) is 0 Å². The van der Waals surface area contributed by atoms with E-state index in [1.807, 2.05) is 12.1 Å². The average molecular weight is 362 g/mol. The molecule has 0 radical (unpaired) electrons. The first-order chi connectivity index (χ1) is 11.7. The molecule has 2 aliphatic heterocycles. The highest BCUT2D eigenvalue weighted by Crippen LogP contribution is 2.37. The van der Waals surface area contributed by atoms with Crippen molar-refractivity contribution in [1.82, 2.24) is 15.6 Å². The second-order valence-corrected chi connectivity index (χ2v) is 6.65.